The summed E-state index contributed by atoms with van der Waals surface area (Å²) in [5, 5.41) is 0.571. The first-order valence-corrected chi connectivity index (χ1v) is 5.69. The molecule has 0 aromatic heterocycles. The number of aldehydes is 1. The predicted molar refractivity (Wildman–Crippen MR) is 67.6 cm³/mol. The first-order valence-electron chi connectivity index (χ1n) is 5.31. The van der Waals surface area contributed by atoms with Crippen LogP contribution in [0.15, 0.2) is 42.5 Å². The summed E-state index contributed by atoms with van der Waals surface area (Å²) in [6.07, 6.45) is 0.626. The molecule has 0 heterocycles. The Bertz CT molecular complexity index is 569. The van der Waals surface area contributed by atoms with E-state index in [9.17, 15) is 9.18 Å². The fourth-order valence-electron chi connectivity index (χ4n) is 1.50. The number of hydrogen-bond donors (Lipinski definition) is 0. The van der Waals surface area contributed by atoms with Gasteiger partial charge in [0.1, 0.15) is 18.2 Å². The minimum Gasteiger partial charge on any atom is -0.488 e. The van der Waals surface area contributed by atoms with Crippen LogP contribution >= 0.6 is 11.6 Å². The molecule has 4 heteroatoms. The van der Waals surface area contributed by atoms with E-state index in [0.29, 0.717) is 16.9 Å². The maximum atomic E-state index is 13.1. The zero-order valence-electron chi connectivity index (χ0n) is 9.40. The Labute approximate surface area is 109 Å². The average Bonchev–Trinajstić information content (AvgIpc) is 2.38. The number of ether oxygens (including phenoxy) is 1. The zero-order valence-corrected chi connectivity index (χ0v) is 10.2. The third kappa shape index (κ3) is 2.87. The van der Waals surface area contributed by atoms with Crippen molar-refractivity contribution in [2.45, 2.75) is 6.61 Å². The van der Waals surface area contributed by atoms with Crippen molar-refractivity contribution in [2.24, 2.45) is 0 Å². The summed E-state index contributed by atoms with van der Waals surface area (Å²) in [6.45, 7) is 0.184. The molecule has 0 aliphatic heterocycles. The molecule has 0 radical (unpaired) electrons. The highest BCUT2D eigenvalue weighted by molar-refractivity contribution is 6.31. The normalized spacial score (nSPS) is 10.1. The molecule has 2 nitrogen and oxygen atoms in total. The van der Waals surface area contributed by atoms with Crippen LogP contribution in [0.25, 0.3) is 0 Å². The predicted octanol–water partition coefficient (Wildman–Crippen LogP) is 3.87. The van der Waals surface area contributed by atoms with E-state index in [2.05, 4.69) is 0 Å². The summed E-state index contributed by atoms with van der Waals surface area (Å²) in [7, 11) is 0. The Morgan fingerprint density at radius 3 is 2.72 bits per heavy atom. The van der Waals surface area contributed by atoms with Crippen molar-refractivity contribution in [1.82, 2.24) is 0 Å². The van der Waals surface area contributed by atoms with Gasteiger partial charge in [-0.1, -0.05) is 29.8 Å². The Morgan fingerprint density at radius 1 is 1.22 bits per heavy atom. The number of carbonyl (C=O) groups excluding carboxylic acids is 1. The SMILES string of the molecule is O=Cc1ccc(F)cc1OCc1ccccc1Cl. The van der Waals surface area contributed by atoms with E-state index in [-0.39, 0.29) is 12.4 Å². The Kier molecular flexibility index (Phi) is 3.95. The number of hydrogen-bond acceptors (Lipinski definition) is 2. The van der Waals surface area contributed by atoms with Crippen LogP contribution in [0.3, 0.4) is 0 Å². The lowest BCUT2D eigenvalue weighted by Gasteiger charge is -2.09. The second-order valence-corrected chi connectivity index (χ2v) is 4.09. The molecule has 0 saturated carbocycles. The lowest BCUT2D eigenvalue weighted by Crippen LogP contribution is -1.99. The largest absolute Gasteiger partial charge is 0.488 e. The second kappa shape index (κ2) is 5.65. The van der Waals surface area contributed by atoms with E-state index in [1.165, 1.54) is 18.2 Å². The van der Waals surface area contributed by atoms with Gasteiger partial charge >= 0.3 is 0 Å². The molecule has 0 amide bonds. The quantitative estimate of drug-likeness (QED) is 0.784. The molecule has 0 bridgehead atoms. The van der Waals surface area contributed by atoms with E-state index in [0.717, 1.165) is 5.56 Å². The summed E-state index contributed by atoms with van der Waals surface area (Å²) in [6, 6.07) is 11.0. The van der Waals surface area contributed by atoms with Gasteiger partial charge in [-0.15, -0.1) is 0 Å². The molecule has 2 aromatic carbocycles. The Hall–Kier alpha value is -1.87. The second-order valence-electron chi connectivity index (χ2n) is 3.68. The third-order valence-corrected chi connectivity index (χ3v) is 2.81. The molecule has 0 saturated heterocycles. The van der Waals surface area contributed by atoms with Crippen LogP contribution in [0.4, 0.5) is 4.39 Å². The summed E-state index contributed by atoms with van der Waals surface area (Å²) < 4.78 is 18.5. The number of rotatable bonds is 4. The van der Waals surface area contributed by atoms with Crippen molar-refractivity contribution in [2.75, 3.05) is 0 Å². The summed E-state index contributed by atoms with van der Waals surface area (Å²) in [5.41, 5.74) is 1.09. The highest BCUT2D eigenvalue weighted by atomic mass is 35.5. The highest BCUT2D eigenvalue weighted by Crippen LogP contribution is 2.22. The first kappa shape index (κ1) is 12.6. The maximum Gasteiger partial charge on any atom is 0.153 e. The van der Waals surface area contributed by atoms with Gasteiger partial charge in [0.05, 0.1) is 5.56 Å². The molecule has 0 atom stereocenters. The van der Waals surface area contributed by atoms with Crippen LogP contribution < -0.4 is 4.74 Å². The fraction of sp³-hybridized carbons (Fsp3) is 0.0714. The molecule has 0 spiro atoms. The molecular weight excluding hydrogens is 255 g/mol. The summed E-state index contributed by atoms with van der Waals surface area (Å²) in [5.74, 6) is -0.236. The molecule has 2 aromatic rings. The number of carbonyl (C=O) groups is 1. The van der Waals surface area contributed by atoms with Gasteiger partial charge in [0, 0.05) is 16.7 Å². The van der Waals surface area contributed by atoms with Crippen molar-refractivity contribution < 1.29 is 13.9 Å². The highest BCUT2D eigenvalue weighted by Gasteiger charge is 2.06. The third-order valence-electron chi connectivity index (χ3n) is 2.44. The Morgan fingerprint density at radius 2 is 2.00 bits per heavy atom. The van der Waals surface area contributed by atoms with E-state index in [1.54, 1.807) is 6.07 Å². The van der Waals surface area contributed by atoms with Crippen LogP contribution in [-0.4, -0.2) is 6.29 Å². The maximum absolute atomic E-state index is 13.1. The summed E-state index contributed by atoms with van der Waals surface area (Å²) >= 11 is 5.97. The number of halogens is 2. The van der Waals surface area contributed by atoms with Crippen LogP contribution in [-0.2, 0) is 6.61 Å². The van der Waals surface area contributed by atoms with Gasteiger partial charge in [0.2, 0.25) is 0 Å². The molecule has 0 aliphatic rings. The van der Waals surface area contributed by atoms with Crippen molar-refractivity contribution in [1.29, 1.82) is 0 Å². The smallest absolute Gasteiger partial charge is 0.153 e. The molecule has 0 fully saturated rings. The van der Waals surface area contributed by atoms with E-state index in [1.807, 2.05) is 18.2 Å². The lowest BCUT2D eigenvalue weighted by atomic mass is 10.2. The molecule has 0 N–H and O–H groups in total. The van der Waals surface area contributed by atoms with E-state index in [4.69, 9.17) is 16.3 Å². The lowest BCUT2D eigenvalue weighted by molar-refractivity contribution is 0.111. The molecule has 2 rings (SSSR count). The zero-order chi connectivity index (χ0) is 13.0. The molecular formula is C14H10ClFO2. The van der Waals surface area contributed by atoms with Gasteiger partial charge in [0.15, 0.2) is 6.29 Å². The van der Waals surface area contributed by atoms with E-state index < -0.39 is 5.82 Å². The van der Waals surface area contributed by atoms with Crippen LogP contribution in [0.5, 0.6) is 5.75 Å². The molecule has 18 heavy (non-hydrogen) atoms. The summed E-state index contributed by atoms with van der Waals surface area (Å²) in [4.78, 5) is 10.8. The van der Waals surface area contributed by atoms with Crippen molar-refractivity contribution in [3.63, 3.8) is 0 Å². The van der Waals surface area contributed by atoms with Gasteiger partial charge in [0.25, 0.3) is 0 Å². The average molecular weight is 265 g/mol. The van der Waals surface area contributed by atoms with Crippen molar-refractivity contribution in [3.8, 4) is 5.75 Å². The number of benzene rings is 2. The monoisotopic (exact) mass is 264 g/mol. The minimum atomic E-state index is -0.449. The van der Waals surface area contributed by atoms with Gasteiger partial charge in [-0.3, -0.25) is 4.79 Å². The van der Waals surface area contributed by atoms with Crippen molar-refractivity contribution in [3.05, 3.63) is 64.4 Å². The van der Waals surface area contributed by atoms with Gasteiger partial charge < -0.3 is 4.74 Å². The van der Waals surface area contributed by atoms with Gasteiger partial charge in [-0.2, -0.15) is 0 Å². The first-order chi connectivity index (χ1) is 8.70. The topological polar surface area (TPSA) is 26.3 Å². The van der Waals surface area contributed by atoms with Gasteiger partial charge in [-0.05, 0) is 18.2 Å². The van der Waals surface area contributed by atoms with Crippen LogP contribution in [0, 0.1) is 5.82 Å². The van der Waals surface area contributed by atoms with Crippen LogP contribution in [0.2, 0.25) is 5.02 Å². The van der Waals surface area contributed by atoms with Crippen molar-refractivity contribution >= 4 is 17.9 Å². The molecule has 92 valence electrons. The van der Waals surface area contributed by atoms with E-state index >= 15 is 0 Å². The minimum absolute atomic E-state index is 0.184. The van der Waals surface area contributed by atoms with Gasteiger partial charge in [-0.25, -0.2) is 4.39 Å². The van der Waals surface area contributed by atoms with Crippen LogP contribution in [0.1, 0.15) is 15.9 Å². The molecule has 0 aliphatic carbocycles. The Balaban J connectivity index is 2.18. The molecule has 0 unspecified atom stereocenters. The fourth-order valence-corrected chi connectivity index (χ4v) is 1.69. The standard InChI is InChI=1S/C14H10ClFO2/c15-13-4-2-1-3-11(13)9-18-14-7-12(16)6-5-10(14)8-17/h1-8H,9H2.